The van der Waals surface area contributed by atoms with E-state index >= 15 is 0 Å². The van der Waals surface area contributed by atoms with E-state index in [-0.39, 0.29) is 23.6 Å². The number of rotatable bonds is 9. The third kappa shape index (κ3) is 7.61. The van der Waals surface area contributed by atoms with E-state index in [0.717, 1.165) is 5.56 Å². The molecule has 0 aliphatic heterocycles. The third-order valence-electron chi connectivity index (χ3n) is 3.15. The summed E-state index contributed by atoms with van der Waals surface area (Å²) in [5.74, 6) is -0.275. The van der Waals surface area contributed by atoms with Crippen LogP contribution >= 0.6 is 0 Å². The minimum absolute atomic E-state index is 0.0398. The molecule has 0 heterocycles. The zero-order valence-electron chi connectivity index (χ0n) is 13.0. The number of hydrogen-bond donors (Lipinski definition) is 0. The average molecular weight is 292 g/mol. The second-order valence-corrected chi connectivity index (χ2v) is 5.48. The molecule has 2 atom stereocenters. The molecule has 1 aromatic rings. The maximum Gasteiger partial charge on any atom is 0.302 e. The van der Waals surface area contributed by atoms with Crippen molar-refractivity contribution in [3.8, 4) is 0 Å². The van der Waals surface area contributed by atoms with Crippen LogP contribution in [0.25, 0.3) is 0 Å². The van der Waals surface area contributed by atoms with Gasteiger partial charge in [-0.15, -0.1) is 0 Å². The molecule has 116 valence electrons. The van der Waals surface area contributed by atoms with Crippen LogP contribution in [-0.2, 0) is 25.7 Å². The predicted molar refractivity (Wildman–Crippen MR) is 80.7 cm³/mol. The fourth-order valence-corrected chi connectivity index (χ4v) is 1.88. The molecule has 0 N–H and O–H groups in total. The van der Waals surface area contributed by atoms with Crippen LogP contribution in [0.15, 0.2) is 30.3 Å². The van der Waals surface area contributed by atoms with Gasteiger partial charge in [-0.1, -0.05) is 44.2 Å². The Kier molecular flexibility index (Phi) is 7.69. The lowest BCUT2D eigenvalue weighted by molar-refractivity contribution is -0.143. The molecule has 0 spiro atoms. The molecule has 21 heavy (non-hydrogen) atoms. The molecule has 0 unspecified atom stereocenters. The summed E-state index contributed by atoms with van der Waals surface area (Å²) in [6.07, 6.45) is 0.406. The van der Waals surface area contributed by atoms with Gasteiger partial charge in [0.2, 0.25) is 0 Å². The number of benzene rings is 1. The average Bonchev–Trinajstić information content (AvgIpc) is 2.46. The molecule has 0 saturated heterocycles. The molecule has 0 aliphatic carbocycles. The fourth-order valence-electron chi connectivity index (χ4n) is 1.88. The Bertz CT molecular complexity index is 441. The Balaban J connectivity index is 2.23. The highest BCUT2D eigenvalue weighted by Gasteiger charge is 2.17. The number of hydrogen-bond acceptors (Lipinski definition) is 4. The topological polar surface area (TPSA) is 52.6 Å². The first-order valence-electron chi connectivity index (χ1n) is 7.26. The van der Waals surface area contributed by atoms with E-state index in [0.29, 0.717) is 26.2 Å². The highest BCUT2D eigenvalue weighted by atomic mass is 16.5. The largest absolute Gasteiger partial charge is 0.466 e. The molecule has 0 radical (unpaired) electrons. The van der Waals surface area contributed by atoms with Gasteiger partial charge in [0.25, 0.3) is 0 Å². The van der Waals surface area contributed by atoms with Crippen molar-refractivity contribution >= 4 is 11.8 Å². The van der Waals surface area contributed by atoms with Crippen LogP contribution in [0.5, 0.6) is 0 Å². The standard InChI is InChI=1S/C17H24O4/c1-13(10-21-15(3)18)9-17(19)14(2)11-20-12-16-7-5-4-6-8-16/h4-8,13-14H,9-12H2,1-3H3/t13-,14-/m0/s1. The summed E-state index contributed by atoms with van der Waals surface area (Å²) in [6, 6.07) is 9.87. The van der Waals surface area contributed by atoms with Gasteiger partial charge in [0.05, 0.1) is 19.8 Å². The summed E-state index contributed by atoms with van der Waals surface area (Å²) < 4.78 is 10.5. The molecular formula is C17H24O4. The Morgan fingerprint density at radius 2 is 1.76 bits per heavy atom. The highest BCUT2D eigenvalue weighted by molar-refractivity contribution is 5.81. The van der Waals surface area contributed by atoms with Crippen molar-refractivity contribution in [3.05, 3.63) is 35.9 Å². The number of Topliss-reactive ketones (excluding diaryl/α,β-unsaturated/α-hetero) is 1. The summed E-state index contributed by atoms with van der Waals surface area (Å²) in [4.78, 5) is 22.7. The zero-order chi connectivity index (χ0) is 15.7. The summed E-state index contributed by atoms with van der Waals surface area (Å²) in [5.41, 5.74) is 1.10. The highest BCUT2D eigenvalue weighted by Crippen LogP contribution is 2.11. The molecule has 0 saturated carbocycles. The second kappa shape index (κ2) is 9.29. The first-order valence-corrected chi connectivity index (χ1v) is 7.26. The maximum atomic E-state index is 12.0. The molecule has 1 rings (SSSR count). The molecule has 4 heteroatoms. The van der Waals surface area contributed by atoms with E-state index in [1.165, 1.54) is 6.92 Å². The molecule has 1 aromatic carbocycles. The van der Waals surface area contributed by atoms with Crippen molar-refractivity contribution in [2.45, 2.75) is 33.8 Å². The van der Waals surface area contributed by atoms with Gasteiger partial charge < -0.3 is 9.47 Å². The second-order valence-electron chi connectivity index (χ2n) is 5.48. The van der Waals surface area contributed by atoms with Gasteiger partial charge in [0.15, 0.2) is 0 Å². The van der Waals surface area contributed by atoms with E-state index in [9.17, 15) is 9.59 Å². The smallest absolute Gasteiger partial charge is 0.302 e. The molecular weight excluding hydrogens is 268 g/mol. The van der Waals surface area contributed by atoms with Crippen molar-refractivity contribution in [1.82, 2.24) is 0 Å². The van der Waals surface area contributed by atoms with Crippen LogP contribution in [-0.4, -0.2) is 25.0 Å². The quantitative estimate of drug-likeness (QED) is 0.657. The molecule has 0 aliphatic rings. The lowest BCUT2D eigenvalue weighted by Crippen LogP contribution is -2.21. The first-order chi connectivity index (χ1) is 9.99. The summed E-state index contributed by atoms with van der Waals surface area (Å²) in [7, 11) is 0. The molecule has 4 nitrogen and oxygen atoms in total. The minimum Gasteiger partial charge on any atom is -0.466 e. The van der Waals surface area contributed by atoms with Crippen LogP contribution in [0.3, 0.4) is 0 Å². The van der Waals surface area contributed by atoms with Crippen LogP contribution in [0.4, 0.5) is 0 Å². The number of ketones is 1. The van der Waals surface area contributed by atoms with Gasteiger partial charge in [-0.3, -0.25) is 9.59 Å². The minimum atomic E-state index is -0.312. The first kappa shape index (κ1) is 17.4. The van der Waals surface area contributed by atoms with Gasteiger partial charge in [-0.25, -0.2) is 0 Å². The number of carbonyl (C=O) groups is 2. The lowest BCUT2D eigenvalue weighted by Gasteiger charge is -2.15. The third-order valence-corrected chi connectivity index (χ3v) is 3.15. The van der Waals surface area contributed by atoms with E-state index in [4.69, 9.17) is 9.47 Å². The van der Waals surface area contributed by atoms with E-state index < -0.39 is 0 Å². The maximum absolute atomic E-state index is 12.0. The van der Waals surface area contributed by atoms with Crippen LogP contribution in [0, 0.1) is 11.8 Å². The van der Waals surface area contributed by atoms with Crippen LogP contribution in [0.2, 0.25) is 0 Å². The van der Waals surface area contributed by atoms with Gasteiger partial charge >= 0.3 is 5.97 Å². The van der Waals surface area contributed by atoms with Crippen molar-refractivity contribution in [1.29, 1.82) is 0 Å². The van der Waals surface area contributed by atoms with Crippen molar-refractivity contribution in [2.75, 3.05) is 13.2 Å². The predicted octanol–water partition coefficient (Wildman–Crippen LogP) is 3.00. The van der Waals surface area contributed by atoms with Crippen molar-refractivity contribution in [2.24, 2.45) is 11.8 Å². The van der Waals surface area contributed by atoms with Crippen molar-refractivity contribution < 1.29 is 19.1 Å². The summed E-state index contributed by atoms with van der Waals surface area (Å²) in [6.45, 7) is 6.35. The van der Waals surface area contributed by atoms with Crippen molar-refractivity contribution in [3.63, 3.8) is 0 Å². The normalized spacial score (nSPS) is 13.5. The molecule has 0 fully saturated rings. The molecule has 0 aromatic heterocycles. The van der Waals surface area contributed by atoms with Gasteiger partial charge in [0.1, 0.15) is 5.78 Å². The Labute approximate surface area is 126 Å². The van der Waals surface area contributed by atoms with Gasteiger partial charge in [-0.05, 0) is 11.5 Å². The zero-order valence-corrected chi connectivity index (χ0v) is 13.0. The van der Waals surface area contributed by atoms with Gasteiger partial charge in [-0.2, -0.15) is 0 Å². The van der Waals surface area contributed by atoms with E-state index in [1.807, 2.05) is 44.2 Å². The molecule has 0 bridgehead atoms. The van der Waals surface area contributed by atoms with Gasteiger partial charge in [0, 0.05) is 19.3 Å². The van der Waals surface area contributed by atoms with E-state index in [2.05, 4.69) is 0 Å². The number of ether oxygens (including phenoxy) is 2. The fraction of sp³-hybridized carbons (Fsp3) is 0.529. The molecule has 0 amide bonds. The summed E-state index contributed by atoms with van der Waals surface area (Å²) in [5, 5.41) is 0. The number of carbonyl (C=O) groups excluding carboxylic acids is 2. The Morgan fingerprint density at radius 3 is 2.38 bits per heavy atom. The van der Waals surface area contributed by atoms with E-state index in [1.54, 1.807) is 0 Å². The lowest BCUT2D eigenvalue weighted by atomic mass is 9.97. The van der Waals surface area contributed by atoms with Crippen LogP contribution in [0.1, 0.15) is 32.8 Å². The van der Waals surface area contributed by atoms with Crippen LogP contribution < -0.4 is 0 Å². The monoisotopic (exact) mass is 292 g/mol. The SMILES string of the molecule is CC(=O)OC[C@@H](C)CC(=O)[C@@H](C)COCc1ccccc1. The Hall–Kier alpha value is -1.68. The summed E-state index contributed by atoms with van der Waals surface area (Å²) >= 11 is 0. The number of esters is 1. The Morgan fingerprint density at radius 1 is 1.10 bits per heavy atom.